The number of para-hydroxylation sites is 1. The van der Waals surface area contributed by atoms with Crippen LogP contribution in [0.2, 0.25) is 0 Å². The van der Waals surface area contributed by atoms with Crippen molar-refractivity contribution in [1.29, 1.82) is 0 Å². The zero-order valence-electron chi connectivity index (χ0n) is 15.3. The molecule has 28 heavy (non-hydrogen) atoms. The third-order valence-electron chi connectivity index (χ3n) is 4.88. The van der Waals surface area contributed by atoms with Gasteiger partial charge in [0.25, 0.3) is 5.56 Å². The van der Waals surface area contributed by atoms with Gasteiger partial charge in [0, 0.05) is 5.92 Å². The number of H-pyrrole nitrogens is 1. The van der Waals surface area contributed by atoms with Crippen molar-refractivity contribution >= 4 is 22.7 Å². The Hall–Kier alpha value is -2.87. The first-order valence-corrected chi connectivity index (χ1v) is 10.2. The largest absolute Gasteiger partial charge is 0.467 e. The van der Waals surface area contributed by atoms with Crippen molar-refractivity contribution < 1.29 is 4.42 Å². The summed E-state index contributed by atoms with van der Waals surface area (Å²) in [5.41, 5.74) is 0.577. The molecule has 0 aliphatic heterocycles. The predicted molar refractivity (Wildman–Crippen MR) is 106 cm³/mol. The molecule has 1 saturated carbocycles. The van der Waals surface area contributed by atoms with E-state index in [9.17, 15) is 4.79 Å². The van der Waals surface area contributed by atoms with Gasteiger partial charge in [-0.3, -0.25) is 9.36 Å². The van der Waals surface area contributed by atoms with E-state index in [4.69, 9.17) is 4.42 Å². The van der Waals surface area contributed by atoms with Crippen LogP contribution in [-0.2, 0) is 6.54 Å². The van der Waals surface area contributed by atoms with Gasteiger partial charge in [0.1, 0.15) is 17.4 Å². The molecule has 1 aliphatic carbocycles. The minimum Gasteiger partial charge on any atom is -0.467 e. The van der Waals surface area contributed by atoms with E-state index in [-0.39, 0.29) is 10.8 Å². The standard InChI is InChI=1S/C20H19N5O2S/c1-12(17-21-16-7-3-2-6-15(16)19(26)22-17)28-20-24-23-18(13-8-9-13)25(20)11-14-5-4-10-27-14/h2-7,10,12-13H,8-9,11H2,1H3,(H,21,22,26). The van der Waals surface area contributed by atoms with Gasteiger partial charge in [-0.15, -0.1) is 10.2 Å². The van der Waals surface area contributed by atoms with Crippen LogP contribution in [0.4, 0.5) is 0 Å². The predicted octanol–water partition coefficient (Wildman–Crippen LogP) is 3.89. The van der Waals surface area contributed by atoms with Crippen molar-refractivity contribution in [3.05, 3.63) is 70.4 Å². The van der Waals surface area contributed by atoms with Gasteiger partial charge in [0.2, 0.25) is 0 Å². The van der Waals surface area contributed by atoms with Crippen molar-refractivity contribution in [2.75, 3.05) is 0 Å². The monoisotopic (exact) mass is 393 g/mol. The number of hydrogen-bond donors (Lipinski definition) is 1. The molecule has 0 spiro atoms. The van der Waals surface area contributed by atoms with E-state index >= 15 is 0 Å². The average Bonchev–Trinajstić information content (AvgIpc) is 3.27. The Bertz CT molecular complexity index is 1180. The molecule has 8 heteroatoms. The molecule has 1 aliphatic rings. The minimum absolute atomic E-state index is 0.0797. The van der Waals surface area contributed by atoms with E-state index in [0.29, 0.717) is 29.2 Å². The first-order valence-electron chi connectivity index (χ1n) is 9.30. The van der Waals surface area contributed by atoms with Crippen molar-refractivity contribution in [1.82, 2.24) is 24.7 Å². The highest BCUT2D eigenvalue weighted by Gasteiger charge is 2.31. The Kier molecular flexibility index (Phi) is 4.27. The summed E-state index contributed by atoms with van der Waals surface area (Å²) < 4.78 is 7.65. The van der Waals surface area contributed by atoms with Crippen molar-refractivity contribution in [2.45, 2.75) is 42.6 Å². The molecule has 3 aromatic heterocycles. The molecule has 0 saturated heterocycles. The highest BCUT2D eigenvalue weighted by atomic mass is 32.2. The summed E-state index contributed by atoms with van der Waals surface area (Å²) in [6.07, 6.45) is 3.97. The lowest BCUT2D eigenvalue weighted by atomic mass is 10.2. The minimum atomic E-state index is -0.122. The van der Waals surface area contributed by atoms with E-state index in [0.717, 1.165) is 29.6 Å². The topological polar surface area (TPSA) is 89.6 Å². The summed E-state index contributed by atoms with van der Waals surface area (Å²) in [7, 11) is 0. The average molecular weight is 393 g/mol. The number of rotatable bonds is 6. The second-order valence-electron chi connectivity index (χ2n) is 7.01. The van der Waals surface area contributed by atoms with E-state index < -0.39 is 0 Å². The molecule has 1 unspecified atom stereocenters. The molecule has 1 atom stereocenters. The second kappa shape index (κ2) is 6.94. The SMILES string of the molecule is CC(Sc1nnc(C2CC2)n1Cc1ccco1)c1nc2ccccc2c(=O)[nH]1. The second-order valence-corrected chi connectivity index (χ2v) is 8.32. The lowest BCUT2D eigenvalue weighted by Crippen LogP contribution is -2.13. The molecule has 5 rings (SSSR count). The smallest absolute Gasteiger partial charge is 0.258 e. The maximum Gasteiger partial charge on any atom is 0.258 e. The lowest BCUT2D eigenvalue weighted by Gasteiger charge is -2.12. The van der Waals surface area contributed by atoms with Crippen LogP contribution in [0.5, 0.6) is 0 Å². The quantitative estimate of drug-likeness (QED) is 0.500. The Morgan fingerprint density at radius 1 is 1.25 bits per heavy atom. The highest BCUT2D eigenvalue weighted by molar-refractivity contribution is 7.99. The van der Waals surface area contributed by atoms with E-state index in [1.807, 2.05) is 37.3 Å². The van der Waals surface area contributed by atoms with Gasteiger partial charge in [-0.05, 0) is 44.0 Å². The van der Waals surface area contributed by atoms with E-state index in [2.05, 4.69) is 24.7 Å². The van der Waals surface area contributed by atoms with E-state index in [1.165, 1.54) is 0 Å². The van der Waals surface area contributed by atoms with Crippen LogP contribution in [0.25, 0.3) is 10.9 Å². The van der Waals surface area contributed by atoms with Gasteiger partial charge in [-0.25, -0.2) is 4.98 Å². The third-order valence-corrected chi connectivity index (χ3v) is 5.97. The number of aromatic nitrogens is 5. The number of thioether (sulfide) groups is 1. The Morgan fingerprint density at radius 3 is 2.89 bits per heavy atom. The first kappa shape index (κ1) is 17.2. The molecule has 0 amide bonds. The zero-order chi connectivity index (χ0) is 19.1. The number of nitrogens with zero attached hydrogens (tertiary/aromatic N) is 4. The van der Waals surface area contributed by atoms with Crippen LogP contribution in [0.15, 0.2) is 57.0 Å². The van der Waals surface area contributed by atoms with Gasteiger partial charge in [0.15, 0.2) is 5.16 Å². The van der Waals surface area contributed by atoms with Crippen LogP contribution in [0.1, 0.15) is 48.3 Å². The molecule has 0 bridgehead atoms. The lowest BCUT2D eigenvalue weighted by molar-refractivity contribution is 0.478. The molecule has 1 N–H and O–H groups in total. The van der Waals surface area contributed by atoms with Crippen LogP contribution < -0.4 is 5.56 Å². The van der Waals surface area contributed by atoms with Crippen molar-refractivity contribution in [3.63, 3.8) is 0 Å². The fraction of sp³-hybridized carbons (Fsp3) is 0.300. The van der Waals surface area contributed by atoms with Crippen LogP contribution in [-0.4, -0.2) is 24.7 Å². The van der Waals surface area contributed by atoms with Gasteiger partial charge >= 0.3 is 0 Å². The highest BCUT2D eigenvalue weighted by Crippen LogP contribution is 2.41. The Morgan fingerprint density at radius 2 is 2.11 bits per heavy atom. The number of furan rings is 1. The number of hydrogen-bond acceptors (Lipinski definition) is 6. The molecule has 4 aromatic rings. The maximum absolute atomic E-state index is 12.4. The summed E-state index contributed by atoms with van der Waals surface area (Å²) in [5.74, 6) is 2.99. The number of benzene rings is 1. The first-order chi connectivity index (χ1) is 13.7. The number of aromatic amines is 1. The fourth-order valence-electron chi connectivity index (χ4n) is 3.25. The third kappa shape index (κ3) is 3.24. The number of nitrogens with one attached hydrogen (secondary N) is 1. The van der Waals surface area contributed by atoms with Crippen LogP contribution >= 0.6 is 11.8 Å². The summed E-state index contributed by atoms with van der Waals surface area (Å²) in [5, 5.41) is 10.2. The Balaban J connectivity index is 1.46. The number of fused-ring (bicyclic) bond motifs is 1. The molecule has 7 nitrogen and oxygen atoms in total. The summed E-state index contributed by atoms with van der Waals surface area (Å²) >= 11 is 1.54. The van der Waals surface area contributed by atoms with Crippen molar-refractivity contribution in [3.8, 4) is 0 Å². The summed E-state index contributed by atoms with van der Waals surface area (Å²) in [4.78, 5) is 19.9. The summed E-state index contributed by atoms with van der Waals surface area (Å²) in [6, 6.07) is 11.2. The van der Waals surface area contributed by atoms with Crippen LogP contribution in [0.3, 0.4) is 0 Å². The van der Waals surface area contributed by atoms with Crippen LogP contribution in [0, 0.1) is 0 Å². The van der Waals surface area contributed by atoms with Crippen molar-refractivity contribution in [2.24, 2.45) is 0 Å². The molecule has 1 fully saturated rings. The molecular formula is C20H19N5O2S. The molecule has 142 valence electrons. The maximum atomic E-state index is 12.4. The molecule has 1 aromatic carbocycles. The van der Waals surface area contributed by atoms with Gasteiger partial charge < -0.3 is 9.40 Å². The van der Waals surface area contributed by atoms with Gasteiger partial charge in [-0.1, -0.05) is 23.9 Å². The zero-order valence-corrected chi connectivity index (χ0v) is 16.1. The molecular weight excluding hydrogens is 374 g/mol. The Labute approximate surface area is 165 Å². The summed E-state index contributed by atoms with van der Waals surface area (Å²) in [6.45, 7) is 2.61. The molecule has 3 heterocycles. The normalized spacial score (nSPS) is 15.2. The molecule has 0 radical (unpaired) electrons. The van der Waals surface area contributed by atoms with Gasteiger partial charge in [-0.2, -0.15) is 0 Å². The fourth-order valence-corrected chi connectivity index (χ4v) is 4.16. The van der Waals surface area contributed by atoms with Gasteiger partial charge in [0.05, 0.1) is 29.0 Å². The van der Waals surface area contributed by atoms with E-state index in [1.54, 1.807) is 24.1 Å².